The number of nitrogens with one attached hydrogen (secondary N) is 1. The molecule has 0 unspecified atom stereocenters. The van der Waals surface area contributed by atoms with Crippen LogP contribution in [0.15, 0.2) is 4.52 Å². The highest BCUT2D eigenvalue weighted by atomic mass is 16.6. The fourth-order valence-electron chi connectivity index (χ4n) is 1.35. The van der Waals surface area contributed by atoms with Gasteiger partial charge in [-0.25, -0.2) is 4.79 Å². The third-order valence-electron chi connectivity index (χ3n) is 2.42. The van der Waals surface area contributed by atoms with Crippen molar-refractivity contribution in [3.05, 3.63) is 11.5 Å². The van der Waals surface area contributed by atoms with Crippen LogP contribution in [0.4, 0.5) is 4.79 Å². The Hall–Kier alpha value is -2.03. The third kappa shape index (κ3) is 2.56. The third-order valence-corrected chi connectivity index (χ3v) is 2.42. The van der Waals surface area contributed by atoms with Gasteiger partial charge in [-0.15, -0.1) is 0 Å². The Labute approximate surface area is 98.5 Å². The summed E-state index contributed by atoms with van der Waals surface area (Å²) in [6.07, 6.45) is 1.39. The zero-order valence-corrected chi connectivity index (χ0v) is 9.69. The average Bonchev–Trinajstić information content (AvgIpc) is 2.97. The van der Waals surface area contributed by atoms with E-state index in [0.29, 0.717) is 5.69 Å². The molecule has 1 aliphatic carbocycles. The molecule has 17 heavy (non-hydrogen) atoms. The van der Waals surface area contributed by atoms with Gasteiger partial charge >= 0.3 is 6.09 Å². The summed E-state index contributed by atoms with van der Waals surface area (Å²) in [6.45, 7) is 3.76. The molecule has 6 heteroatoms. The van der Waals surface area contributed by atoms with Crippen LogP contribution < -0.4 is 10.1 Å². The highest BCUT2D eigenvalue weighted by molar-refractivity contribution is 5.72. The minimum Gasteiger partial charge on any atom is -0.403 e. The molecule has 0 spiro atoms. The molecule has 1 aromatic heterocycles. The molecule has 0 bridgehead atoms. The van der Waals surface area contributed by atoms with Gasteiger partial charge in [0, 0.05) is 12.0 Å². The monoisotopic (exact) mass is 235 g/mol. The molecule has 1 aliphatic rings. The predicted molar refractivity (Wildman–Crippen MR) is 57.5 cm³/mol. The van der Waals surface area contributed by atoms with E-state index in [2.05, 4.69) is 10.5 Å². The van der Waals surface area contributed by atoms with Crippen molar-refractivity contribution in [1.82, 2.24) is 10.5 Å². The van der Waals surface area contributed by atoms with Crippen molar-refractivity contribution < 1.29 is 14.1 Å². The Kier molecular flexibility index (Phi) is 3.00. The van der Waals surface area contributed by atoms with E-state index in [1.807, 2.05) is 19.9 Å². The molecule has 0 saturated heterocycles. The number of amides is 1. The number of nitrogens with zero attached hydrogens (tertiary/aromatic N) is 2. The number of ether oxygens (including phenoxy) is 1. The second-order valence-electron chi connectivity index (χ2n) is 4.30. The lowest BCUT2D eigenvalue weighted by Gasteiger charge is -2.06. The van der Waals surface area contributed by atoms with Gasteiger partial charge in [0.1, 0.15) is 11.8 Å². The summed E-state index contributed by atoms with van der Waals surface area (Å²) >= 11 is 0. The minimum absolute atomic E-state index is 0.0181. The molecule has 1 fully saturated rings. The smallest absolute Gasteiger partial charge is 0.403 e. The predicted octanol–water partition coefficient (Wildman–Crippen LogP) is 1.92. The standard InChI is InChI=1S/C11H13N3O3/c1-6(2)9-10(8(5-12)17-14-9)16-11(15)13-7-3-4-7/h6-7H,3-4H2,1-2H3,(H,13,15). The van der Waals surface area contributed by atoms with Gasteiger partial charge in [-0.3, -0.25) is 0 Å². The zero-order chi connectivity index (χ0) is 12.4. The zero-order valence-electron chi connectivity index (χ0n) is 9.69. The van der Waals surface area contributed by atoms with Crippen molar-refractivity contribution in [2.24, 2.45) is 0 Å². The van der Waals surface area contributed by atoms with Crippen molar-refractivity contribution >= 4 is 6.09 Å². The van der Waals surface area contributed by atoms with E-state index in [1.54, 1.807) is 0 Å². The lowest BCUT2D eigenvalue weighted by atomic mass is 10.1. The Morgan fingerprint density at radius 2 is 2.35 bits per heavy atom. The summed E-state index contributed by atoms with van der Waals surface area (Å²) in [7, 11) is 0. The Bertz CT molecular complexity index is 469. The van der Waals surface area contributed by atoms with Gasteiger partial charge in [-0.1, -0.05) is 19.0 Å². The number of hydrogen-bond acceptors (Lipinski definition) is 5. The number of nitriles is 1. The van der Waals surface area contributed by atoms with Gasteiger partial charge in [0.2, 0.25) is 5.75 Å². The van der Waals surface area contributed by atoms with E-state index in [-0.39, 0.29) is 23.5 Å². The van der Waals surface area contributed by atoms with Crippen LogP contribution in [0, 0.1) is 11.3 Å². The Balaban J connectivity index is 2.14. The maximum atomic E-state index is 11.5. The molecule has 1 heterocycles. The maximum Gasteiger partial charge on any atom is 0.413 e. The highest BCUT2D eigenvalue weighted by Gasteiger charge is 2.27. The largest absolute Gasteiger partial charge is 0.413 e. The second-order valence-corrected chi connectivity index (χ2v) is 4.30. The molecular formula is C11H13N3O3. The van der Waals surface area contributed by atoms with Gasteiger partial charge in [-0.2, -0.15) is 5.26 Å². The van der Waals surface area contributed by atoms with E-state index >= 15 is 0 Å². The molecule has 0 atom stereocenters. The molecule has 1 amide bonds. The SMILES string of the molecule is CC(C)c1noc(C#N)c1OC(=O)NC1CC1. The molecule has 2 rings (SSSR count). The van der Waals surface area contributed by atoms with E-state index in [1.165, 1.54) is 0 Å². The molecule has 0 radical (unpaired) electrons. The van der Waals surface area contributed by atoms with Crippen LogP contribution >= 0.6 is 0 Å². The van der Waals surface area contributed by atoms with Crippen molar-refractivity contribution in [2.45, 2.75) is 38.6 Å². The van der Waals surface area contributed by atoms with Crippen LogP contribution in [-0.4, -0.2) is 17.3 Å². The summed E-state index contributed by atoms with van der Waals surface area (Å²) in [6, 6.07) is 2.02. The molecule has 90 valence electrons. The first-order valence-corrected chi connectivity index (χ1v) is 5.49. The molecule has 1 saturated carbocycles. The van der Waals surface area contributed by atoms with Crippen LogP contribution in [0.25, 0.3) is 0 Å². The summed E-state index contributed by atoms with van der Waals surface area (Å²) in [5, 5.41) is 15.2. The van der Waals surface area contributed by atoms with Crippen molar-refractivity contribution in [3.8, 4) is 11.8 Å². The molecular weight excluding hydrogens is 222 g/mol. The van der Waals surface area contributed by atoms with E-state index in [4.69, 9.17) is 14.5 Å². The summed E-state index contributed by atoms with van der Waals surface area (Å²) in [5.41, 5.74) is 0.479. The van der Waals surface area contributed by atoms with E-state index in [0.717, 1.165) is 12.8 Å². The fourth-order valence-corrected chi connectivity index (χ4v) is 1.35. The van der Waals surface area contributed by atoms with E-state index < -0.39 is 6.09 Å². The first-order chi connectivity index (χ1) is 8.11. The summed E-state index contributed by atoms with van der Waals surface area (Å²) in [4.78, 5) is 11.5. The Morgan fingerprint density at radius 3 is 2.88 bits per heavy atom. The lowest BCUT2D eigenvalue weighted by molar-refractivity contribution is 0.199. The number of aromatic nitrogens is 1. The van der Waals surface area contributed by atoms with Gasteiger partial charge in [-0.05, 0) is 12.8 Å². The van der Waals surface area contributed by atoms with Crippen LogP contribution in [0.3, 0.4) is 0 Å². The van der Waals surface area contributed by atoms with Gasteiger partial charge in [0.15, 0.2) is 0 Å². The molecule has 0 aromatic carbocycles. The average molecular weight is 235 g/mol. The van der Waals surface area contributed by atoms with Crippen LogP contribution in [-0.2, 0) is 0 Å². The van der Waals surface area contributed by atoms with E-state index in [9.17, 15) is 4.79 Å². The highest BCUT2D eigenvalue weighted by Crippen LogP contribution is 2.29. The van der Waals surface area contributed by atoms with Crippen molar-refractivity contribution in [3.63, 3.8) is 0 Å². The van der Waals surface area contributed by atoms with Crippen LogP contribution in [0.2, 0.25) is 0 Å². The molecule has 1 aromatic rings. The lowest BCUT2D eigenvalue weighted by Crippen LogP contribution is -2.29. The van der Waals surface area contributed by atoms with Crippen LogP contribution in [0.5, 0.6) is 5.75 Å². The molecule has 1 N–H and O–H groups in total. The first-order valence-electron chi connectivity index (χ1n) is 5.49. The fraction of sp³-hybridized carbons (Fsp3) is 0.545. The van der Waals surface area contributed by atoms with Gasteiger partial charge in [0.05, 0.1) is 0 Å². The number of hydrogen-bond donors (Lipinski definition) is 1. The van der Waals surface area contributed by atoms with Gasteiger partial charge < -0.3 is 14.6 Å². The topological polar surface area (TPSA) is 88.2 Å². The minimum atomic E-state index is -0.561. The quantitative estimate of drug-likeness (QED) is 0.864. The number of carbonyl (C=O) groups is 1. The van der Waals surface area contributed by atoms with Crippen LogP contribution in [0.1, 0.15) is 44.1 Å². The van der Waals surface area contributed by atoms with Gasteiger partial charge in [0.25, 0.3) is 5.76 Å². The second kappa shape index (κ2) is 4.45. The number of carbonyl (C=O) groups excluding carboxylic acids is 1. The maximum absolute atomic E-state index is 11.5. The first kappa shape index (κ1) is 11.5. The Morgan fingerprint density at radius 1 is 1.65 bits per heavy atom. The van der Waals surface area contributed by atoms with Crippen molar-refractivity contribution in [1.29, 1.82) is 5.26 Å². The molecule has 0 aliphatic heterocycles. The molecule has 6 nitrogen and oxygen atoms in total. The summed E-state index contributed by atoms with van der Waals surface area (Å²) in [5.74, 6) is 0.0740. The summed E-state index contributed by atoms with van der Waals surface area (Å²) < 4.78 is 9.90. The number of rotatable bonds is 3. The normalized spacial score (nSPS) is 14.5. The van der Waals surface area contributed by atoms with Crippen molar-refractivity contribution in [2.75, 3.05) is 0 Å².